The van der Waals surface area contributed by atoms with Gasteiger partial charge >= 0.3 is 0 Å². The quantitative estimate of drug-likeness (QED) is 0.751. The van der Waals surface area contributed by atoms with Gasteiger partial charge in [0.1, 0.15) is 11.5 Å². The molecular weight excluding hydrogens is 302 g/mol. The van der Waals surface area contributed by atoms with Gasteiger partial charge in [-0.05, 0) is 44.2 Å². The maximum atomic E-state index is 4.53. The molecule has 2 aromatic rings. The zero-order valence-electron chi connectivity index (χ0n) is 12.0. The molecule has 0 N–H and O–H groups in total. The molecule has 0 amide bonds. The number of nitrogens with zero attached hydrogens (tertiary/aromatic N) is 3. The van der Waals surface area contributed by atoms with Crippen molar-refractivity contribution in [2.24, 2.45) is 0 Å². The molecule has 1 aliphatic heterocycles. The summed E-state index contributed by atoms with van der Waals surface area (Å²) in [4.78, 5) is 11.2. The summed E-state index contributed by atoms with van der Waals surface area (Å²) in [5, 5.41) is 3.03. The first-order valence-electron chi connectivity index (χ1n) is 6.96. The number of rotatable bonds is 1. The van der Waals surface area contributed by atoms with Crippen LogP contribution >= 0.6 is 23.7 Å². The Morgan fingerprint density at radius 2 is 1.95 bits per heavy atom. The number of halogens is 1. The van der Waals surface area contributed by atoms with Crippen LogP contribution in [0.5, 0.6) is 0 Å². The number of piperidine rings is 1. The Morgan fingerprint density at radius 3 is 2.57 bits per heavy atom. The normalized spacial score (nSPS) is 14.0. The van der Waals surface area contributed by atoms with Crippen LogP contribution in [0.15, 0.2) is 23.7 Å². The van der Waals surface area contributed by atoms with E-state index in [-0.39, 0.29) is 12.4 Å². The van der Waals surface area contributed by atoms with Crippen molar-refractivity contribution in [1.82, 2.24) is 9.97 Å². The van der Waals surface area contributed by atoms with E-state index >= 15 is 0 Å². The molecule has 1 aliphatic rings. The van der Waals surface area contributed by atoms with Crippen LogP contribution in [0.4, 0.5) is 5.82 Å². The van der Waals surface area contributed by atoms with Crippen molar-refractivity contribution in [3.8, 4) is 11.8 Å². The van der Waals surface area contributed by atoms with E-state index in [0.717, 1.165) is 35.2 Å². The van der Waals surface area contributed by atoms with E-state index in [1.54, 1.807) is 11.3 Å². The van der Waals surface area contributed by atoms with Gasteiger partial charge in [-0.25, -0.2) is 9.97 Å². The van der Waals surface area contributed by atoms with Crippen LogP contribution in [0.2, 0.25) is 0 Å². The lowest BCUT2D eigenvalue weighted by molar-refractivity contribution is 0.573. The fourth-order valence-electron chi connectivity index (χ4n) is 2.33. The van der Waals surface area contributed by atoms with Gasteiger partial charge in [0.05, 0.1) is 5.01 Å². The third kappa shape index (κ3) is 4.20. The summed E-state index contributed by atoms with van der Waals surface area (Å²) in [6, 6.07) is 4.12. The van der Waals surface area contributed by atoms with Gasteiger partial charge in [0.15, 0.2) is 0 Å². The standard InChI is InChI=1S/C16H17N3S.ClH/c1-13-18-15(12-20-13)7-5-14-6-8-16(17-11-14)19-9-3-2-4-10-19;/h6,8,11-12H,2-4,9-10H2,1H3;1H. The molecule has 3 heterocycles. The highest BCUT2D eigenvalue weighted by atomic mass is 35.5. The predicted octanol–water partition coefficient (Wildman–Crippen LogP) is 3.66. The van der Waals surface area contributed by atoms with Crippen molar-refractivity contribution in [3.05, 3.63) is 40.0 Å². The van der Waals surface area contributed by atoms with E-state index in [0.29, 0.717) is 0 Å². The minimum atomic E-state index is 0. The third-order valence-corrected chi connectivity index (χ3v) is 4.16. The molecular formula is C16H18ClN3S. The highest BCUT2D eigenvalue weighted by molar-refractivity contribution is 7.09. The summed E-state index contributed by atoms with van der Waals surface area (Å²) in [5.74, 6) is 7.26. The molecule has 2 aromatic heterocycles. The Balaban J connectivity index is 0.00000161. The van der Waals surface area contributed by atoms with E-state index in [4.69, 9.17) is 0 Å². The Bertz CT molecular complexity index is 634. The minimum absolute atomic E-state index is 0. The van der Waals surface area contributed by atoms with Gasteiger partial charge in [-0.2, -0.15) is 0 Å². The maximum absolute atomic E-state index is 4.53. The van der Waals surface area contributed by atoms with E-state index < -0.39 is 0 Å². The average Bonchev–Trinajstić information content (AvgIpc) is 2.92. The van der Waals surface area contributed by atoms with Crippen LogP contribution in [-0.2, 0) is 0 Å². The molecule has 0 spiro atoms. The molecule has 0 aromatic carbocycles. The Labute approximate surface area is 135 Å². The van der Waals surface area contributed by atoms with Gasteiger partial charge in [0.2, 0.25) is 0 Å². The fraction of sp³-hybridized carbons (Fsp3) is 0.375. The van der Waals surface area contributed by atoms with Crippen molar-refractivity contribution in [1.29, 1.82) is 0 Å². The van der Waals surface area contributed by atoms with Crippen molar-refractivity contribution in [2.75, 3.05) is 18.0 Å². The lowest BCUT2D eigenvalue weighted by atomic mass is 10.1. The number of hydrogen-bond acceptors (Lipinski definition) is 4. The van der Waals surface area contributed by atoms with E-state index in [2.05, 4.69) is 32.8 Å². The molecule has 0 radical (unpaired) electrons. The predicted molar refractivity (Wildman–Crippen MR) is 90.4 cm³/mol. The van der Waals surface area contributed by atoms with Crippen molar-refractivity contribution in [2.45, 2.75) is 26.2 Å². The topological polar surface area (TPSA) is 29.0 Å². The first-order chi connectivity index (χ1) is 9.81. The first-order valence-corrected chi connectivity index (χ1v) is 7.84. The number of thiazole rings is 1. The molecule has 21 heavy (non-hydrogen) atoms. The second-order valence-corrected chi connectivity index (χ2v) is 6.02. The van der Waals surface area contributed by atoms with Crippen LogP contribution < -0.4 is 4.90 Å². The molecule has 3 rings (SSSR count). The molecule has 3 nitrogen and oxygen atoms in total. The Hall–Kier alpha value is -1.57. The lowest BCUT2D eigenvalue weighted by Gasteiger charge is -2.27. The first kappa shape index (κ1) is 15.8. The number of pyridine rings is 1. The van der Waals surface area contributed by atoms with Crippen LogP contribution in [0.25, 0.3) is 0 Å². The number of hydrogen-bond donors (Lipinski definition) is 0. The summed E-state index contributed by atoms with van der Waals surface area (Å²) in [5.41, 5.74) is 1.78. The minimum Gasteiger partial charge on any atom is -0.357 e. The SMILES string of the molecule is Cc1nc(C#Cc2ccc(N3CCCCC3)nc2)cs1.Cl. The highest BCUT2D eigenvalue weighted by Gasteiger charge is 2.11. The summed E-state index contributed by atoms with van der Waals surface area (Å²) in [7, 11) is 0. The van der Waals surface area contributed by atoms with Gasteiger partial charge in [-0.3, -0.25) is 0 Å². The van der Waals surface area contributed by atoms with Gasteiger partial charge in [0.25, 0.3) is 0 Å². The lowest BCUT2D eigenvalue weighted by Crippen LogP contribution is -2.29. The van der Waals surface area contributed by atoms with Crippen molar-refractivity contribution >= 4 is 29.6 Å². The molecule has 0 saturated carbocycles. The zero-order chi connectivity index (χ0) is 13.8. The molecule has 1 fully saturated rings. The molecule has 5 heteroatoms. The van der Waals surface area contributed by atoms with Crippen molar-refractivity contribution < 1.29 is 0 Å². The largest absolute Gasteiger partial charge is 0.357 e. The van der Waals surface area contributed by atoms with E-state index in [1.807, 2.05) is 24.6 Å². The van der Waals surface area contributed by atoms with Gasteiger partial charge in [0, 0.05) is 30.2 Å². The summed E-state index contributed by atoms with van der Waals surface area (Å²) >= 11 is 1.62. The molecule has 0 atom stereocenters. The average molecular weight is 320 g/mol. The van der Waals surface area contributed by atoms with Crippen LogP contribution in [0, 0.1) is 18.8 Å². The summed E-state index contributed by atoms with van der Waals surface area (Å²) in [6.45, 7) is 4.23. The smallest absolute Gasteiger partial charge is 0.128 e. The van der Waals surface area contributed by atoms with E-state index in [1.165, 1.54) is 19.3 Å². The monoisotopic (exact) mass is 319 g/mol. The van der Waals surface area contributed by atoms with Gasteiger partial charge < -0.3 is 4.90 Å². The van der Waals surface area contributed by atoms with Crippen LogP contribution in [-0.4, -0.2) is 23.1 Å². The Morgan fingerprint density at radius 1 is 1.14 bits per heavy atom. The summed E-state index contributed by atoms with van der Waals surface area (Å²) in [6.07, 6.45) is 5.74. The van der Waals surface area contributed by atoms with Crippen LogP contribution in [0.1, 0.15) is 35.5 Å². The van der Waals surface area contributed by atoms with Crippen molar-refractivity contribution in [3.63, 3.8) is 0 Å². The molecule has 0 unspecified atom stereocenters. The molecule has 0 aliphatic carbocycles. The highest BCUT2D eigenvalue weighted by Crippen LogP contribution is 2.17. The second kappa shape index (κ2) is 7.44. The molecule has 1 saturated heterocycles. The summed E-state index contributed by atoms with van der Waals surface area (Å²) < 4.78 is 0. The molecule has 0 bridgehead atoms. The van der Waals surface area contributed by atoms with Crippen LogP contribution in [0.3, 0.4) is 0 Å². The zero-order valence-corrected chi connectivity index (χ0v) is 13.6. The third-order valence-electron chi connectivity index (χ3n) is 3.38. The maximum Gasteiger partial charge on any atom is 0.128 e. The van der Waals surface area contributed by atoms with Gasteiger partial charge in [-0.1, -0.05) is 5.92 Å². The van der Waals surface area contributed by atoms with E-state index in [9.17, 15) is 0 Å². The Kier molecular flexibility index (Phi) is 5.60. The number of aromatic nitrogens is 2. The molecule has 110 valence electrons. The fourth-order valence-corrected chi connectivity index (χ4v) is 2.87. The number of aryl methyl sites for hydroxylation is 1. The number of anilines is 1. The van der Waals surface area contributed by atoms with Gasteiger partial charge in [-0.15, -0.1) is 23.7 Å². The second-order valence-electron chi connectivity index (χ2n) is 4.95.